The molecule has 1 N–H and O–H groups in total. The summed E-state index contributed by atoms with van der Waals surface area (Å²) in [6.45, 7) is 0.441. The number of amides is 3. The number of carbonyl (C=O) groups is 2. The molecule has 0 aromatic heterocycles. The molecule has 1 saturated heterocycles. The molecule has 1 unspecified atom stereocenters. The van der Waals surface area contributed by atoms with Gasteiger partial charge in [-0.2, -0.15) is 5.43 Å². The Kier molecular flexibility index (Phi) is 5.45. The van der Waals surface area contributed by atoms with Gasteiger partial charge in [0.1, 0.15) is 0 Å². The average molecular weight is 468 g/mol. The molecule has 4 rings (SSSR count). The first kappa shape index (κ1) is 20.0. The first-order valence-corrected chi connectivity index (χ1v) is 10.1. The Morgan fingerprint density at radius 2 is 1.80 bits per heavy atom. The van der Waals surface area contributed by atoms with Crippen molar-refractivity contribution in [3.05, 3.63) is 70.2 Å². The van der Waals surface area contributed by atoms with Gasteiger partial charge in [-0.3, -0.25) is 14.6 Å². The number of amidine groups is 1. The normalized spacial score (nSPS) is 18.9. The molecule has 0 radical (unpaired) electrons. The molecular formula is C21H20BrN6O2+. The Balaban J connectivity index is 1.67. The maximum atomic E-state index is 12.9. The highest BCUT2D eigenvalue weighted by Gasteiger charge is 2.51. The highest BCUT2D eigenvalue weighted by Crippen LogP contribution is 2.20. The third kappa shape index (κ3) is 3.76. The van der Waals surface area contributed by atoms with E-state index in [1.54, 1.807) is 13.3 Å². The number of halogens is 1. The number of nitrogens with one attached hydrogen (secondary N) is 1. The minimum atomic E-state index is -0.691. The smallest absolute Gasteiger partial charge is 0.270 e. The fourth-order valence-corrected chi connectivity index (χ4v) is 3.61. The van der Waals surface area contributed by atoms with Gasteiger partial charge in [0.25, 0.3) is 5.91 Å². The van der Waals surface area contributed by atoms with Gasteiger partial charge in [0.2, 0.25) is 11.9 Å². The summed E-state index contributed by atoms with van der Waals surface area (Å²) < 4.78 is 2.81. The van der Waals surface area contributed by atoms with Crippen molar-refractivity contribution in [3.63, 3.8) is 0 Å². The van der Waals surface area contributed by atoms with Crippen molar-refractivity contribution in [2.45, 2.75) is 12.6 Å². The molecule has 2 aromatic rings. The number of guanidine groups is 1. The molecule has 1 atom stereocenters. The Morgan fingerprint density at radius 1 is 1.10 bits per heavy atom. The number of aliphatic imine (C=N–C) groups is 1. The van der Waals surface area contributed by atoms with Crippen molar-refractivity contribution < 1.29 is 14.2 Å². The van der Waals surface area contributed by atoms with Crippen molar-refractivity contribution in [1.82, 2.24) is 15.2 Å². The van der Waals surface area contributed by atoms with Crippen molar-refractivity contribution in [2.24, 2.45) is 10.1 Å². The number of hydrogen-bond acceptors (Lipinski definition) is 5. The number of benzene rings is 2. The molecule has 0 spiro atoms. The molecule has 0 aliphatic carbocycles. The summed E-state index contributed by atoms with van der Waals surface area (Å²) in [5.74, 6) is 0.484. The molecule has 2 heterocycles. The van der Waals surface area contributed by atoms with E-state index in [4.69, 9.17) is 0 Å². The van der Waals surface area contributed by atoms with E-state index >= 15 is 0 Å². The van der Waals surface area contributed by atoms with Gasteiger partial charge in [-0.15, -0.1) is 5.10 Å². The van der Waals surface area contributed by atoms with Crippen LogP contribution in [-0.4, -0.2) is 64.5 Å². The first-order valence-electron chi connectivity index (χ1n) is 9.31. The van der Waals surface area contributed by atoms with E-state index in [1.165, 1.54) is 11.9 Å². The van der Waals surface area contributed by atoms with Crippen LogP contribution in [0.25, 0.3) is 0 Å². The molecule has 1 fully saturated rings. The molecule has 8 nitrogen and oxygen atoms in total. The summed E-state index contributed by atoms with van der Waals surface area (Å²) in [6.07, 6.45) is 1.67. The third-order valence-electron chi connectivity index (χ3n) is 4.97. The number of rotatable bonds is 4. The molecule has 0 saturated carbocycles. The number of hydrogen-bond donors (Lipinski definition) is 1. The standard InChI is InChI=1S/C21H19BrN6O2/c1-26-18-17(19(29)27(2)21(26)30)28(13-15-6-4-3-5-7-15)20(24-18)25-23-12-14-8-10-16(22)11-9-14/h3-12,17H,13H2,1-2H3/p+1/b23-12-. The Morgan fingerprint density at radius 3 is 2.50 bits per heavy atom. The van der Waals surface area contributed by atoms with E-state index in [9.17, 15) is 9.59 Å². The van der Waals surface area contributed by atoms with Crippen molar-refractivity contribution in [3.8, 4) is 0 Å². The van der Waals surface area contributed by atoms with Gasteiger partial charge in [-0.05, 0) is 23.3 Å². The molecule has 9 heteroatoms. The number of hydrazone groups is 1. The van der Waals surface area contributed by atoms with Crippen molar-refractivity contribution >= 4 is 45.9 Å². The monoisotopic (exact) mass is 467 g/mol. The lowest BCUT2D eigenvalue weighted by Gasteiger charge is -2.31. The summed E-state index contributed by atoms with van der Waals surface area (Å²) in [5, 5.41) is 4.29. The number of likely N-dealkylation sites (N-methyl/N-ethyl adjacent to an activating group) is 2. The molecule has 2 aliphatic rings. The summed E-state index contributed by atoms with van der Waals surface area (Å²) in [5.41, 5.74) is 4.87. The molecule has 152 valence electrons. The zero-order chi connectivity index (χ0) is 21.3. The van der Waals surface area contributed by atoms with E-state index in [0.29, 0.717) is 18.3 Å². The summed E-state index contributed by atoms with van der Waals surface area (Å²) in [7, 11) is 3.10. The van der Waals surface area contributed by atoms with Gasteiger partial charge in [-0.25, -0.2) is 9.37 Å². The Labute approximate surface area is 182 Å². The number of fused-ring (bicyclic) bond motifs is 1. The zero-order valence-electron chi connectivity index (χ0n) is 16.5. The van der Waals surface area contributed by atoms with Crippen LogP contribution in [0.3, 0.4) is 0 Å². The van der Waals surface area contributed by atoms with Crippen LogP contribution in [0.2, 0.25) is 0 Å². The second-order valence-corrected chi connectivity index (χ2v) is 7.89. The predicted octanol–water partition coefficient (Wildman–Crippen LogP) is 2.25. The van der Waals surface area contributed by atoms with E-state index in [0.717, 1.165) is 20.5 Å². The van der Waals surface area contributed by atoms with Crippen LogP contribution in [-0.2, 0) is 11.3 Å². The second-order valence-electron chi connectivity index (χ2n) is 6.97. The lowest BCUT2D eigenvalue weighted by Crippen LogP contribution is -2.61. The molecule has 2 aliphatic heterocycles. The predicted molar refractivity (Wildman–Crippen MR) is 117 cm³/mol. The maximum absolute atomic E-state index is 12.9. The van der Waals surface area contributed by atoms with Crippen LogP contribution >= 0.6 is 15.9 Å². The number of nitrogens with zero attached hydrogens (tertiary/aromatic N) is 5. The summed E-state index contributed by atoms with van der Waals surface area (Å²) in [6, 6.07) is 16.4. The van der Waals surface area contributed by atoms with Gasteiger partial charge >= 0.3 is 12.0 Å². The number of imide groups is 1. The lowest BCUT2D eigenvalue weighted by molar-refractivity contribution is -0.553. The van der Waals surface area contributed by atoms with Gasteiger partial charge in [0.15, 0.2) is 0 Å². The quantitative estimate of drug-likeness (QED) is 0.425. The van der Waals surface area contributed by atoms with Crippen LogP contribution < -0.4 is 5.43 Å². The topological polar surface area (TPSA) is 80.4 Å². The van der Waals surface area contributed by atoms with Crippen LogP contribution in [0, 0.1) is 0 Å². The van der Waals surface area contributed by atoms with Crippen LogP contribution in [0.15, 0.2) is 69.2 Å². The Bertz CT molecular complexity index is 1080. The fraction of sp³-hybridized carbons (Fsp3) is 0.190. The van der Waals surface area contributed by atoms with Crippen LogP contribution in [0.1, 0.15) is 11.1 Å². The maximum Gasteiger partial charge on any atom is 0.414 e. The third-order valence-corrected chi connectivity index (χ3v) is 5.50. The minimum absolute atomic E-state index is 0.318. The second kappa shape index (κ2) is 8.19. The van der Waals surface area contributed by atoms with Gasteiger partial charge < -0.3 is 0 Å². The van der Waals surface area contributed by atoms with E-state index in [1.807, 2.05) is 59.2 Å². The van der Waals surface area contributed by atoms with E-state index in [2.05, 4.69) is 31.4 Å². The molecule has 0 bridgehead atoms. The van der Waals surface area contributed by atoms with Gasteiger partial charge in [0, 0.05) is 18.6 Å². The largest absolute Gasteiger partial charge is 0.414 e. The molecular weight excluding hydrogens is 448 g/mol. The fourth-order valence-electron chi connectivity index (χ4n) is 3.35. The van der Waals surface area contributed by atoms with Crippen molar-refractivity contribution in [2.75, 3.05) is 14.1 Å². The SMILES string of the molecule is CN1C(=O)C2C(=NC(N/N=C\c3ccc(Br)cc3)=[N+]2Cc2ccccc2)N(C)C1=O. The van der Waals surface area contributed by atoms with Crippen LogP contribution in [0.4, 0.5) is 4.79 Å². The first-order chi connectivity index (χ1) is 14.5. The zero-order valence-corrected chi connectivity index (χ0v) is 18.1. The highest BCUT2D eigenvalue weighted by molar-refractivity contribution is 9.10. The number of urea groups is 1. The van der Waals surface area contributed by atoms with Gasteiger partial charge in [0.05, 0.1) is 12.8 Å². The molecule has 3 amide bonds. The average Bonchev–Trinajstić information content (AvgIpc) is 3.11. The van der Waals surface area contributed by atoms with Crippen LogP contribution in [0.5, 0.6) is 0 Å². The van der Waals surface area contributed by atoms with E-state index < -0.39 is 12.1 Å². The Hall–Kier alpha value is -3.33. The highest BCUT2D eigenvalue weighted by atomic mass is 79.9. The summed E-state index contributed by atoms with van der Waals surface area (Å²) in [4.78, 5) is 32.3. The number of carbonyl (C=O) groups excluding carboxylic acids is 2. The lowest BCUT2D eigenvalue weighted by atomic mass is 10.1. The minimum Gasteiger partial charge on any atom is -0.270 e. The summed E-state index contributed by atoms with van der Waals surface area (Å²) >= 11 is 3.41. The molecule has 2 aromatic carbocycles. The van der Waals surface area contributed by atoms with Crippen molar-refractivity contribution in [1.29, 1.82) is 0 Å². The van der Waals surface area contributed by atoms with Gasteiger partial charge in [-0.1, -0.05) is 63.4 Å². The van der Waals surface area contributed by atoms with E-state index in [-0.39, 0.29) is 5.91 Å². The molecule has 30 heavy (non-hydrogen) atoms.